The van der Waals surface area contributed by atoms with Crippen LogP contribution in [0.2, 0.25) is 0 Å². The van der Waals surface area contributed by atoms with Crippen LogP contribution in [0.5, 0.6) is 0 Å². The highest BCUT2D eigenvalue weighted by atomic mass is 15.4. The first kappa shape index (κ1) is 9.65. The van der Waals surface area contributed by atoms with Gasteiger partial charge in [-0.1, -0.05) is 18.6 Å². The van der Waals surface area contributed by atoms with Gasteiger partial charge >= 0.3 is 0 Å². The number of nitrogens with one attached hydrogen (secondary N) is 1. The second-order valence-electron chi connectivity index (χ2n) is 4.28. The van der Waals surface area contributed by atoms with Crippen LogP contribution < -0.4 is 5.32 Å². The van der Waals surface area contributed by atoms with Crippen LogP contribution in [-0.4, -0.2) is 21.0 Å². The molecule has 1 aromatic rings. The van der Waals surface area contributed by atoms with Crippen molar-refractivity contribution in [2.75, 3.05) is 0 Å². The summed E-state index contributed by atoms with van der Waals surface area (Å²) >= 11 is 0. The molecule has 2 rings (SSSR count). The predicted molar refractivity (Wildman–Crippen MR) is 54.6 cm³/mol. The molecule has 1 aliphatic rings. The van der Waals surface area contributed by atoms with Gasteiger partial charge in [0.1, 0.15) is 0 Å². The van der Waals surface area contributed by atoms with Crippen LogP contribution in [0.3, 0.4) is 0 Å². The van der Waals surface area contributed by atoms with Crippen LogP contribution >= 0.6 is 0 Å². The minimum atomic E-state index is 0.678. The Kier molecular flexibility index (Phi) is 2.82. The quantitative estimate of drug-likeness (QED) is 0.783. The molecule has 4 heteroatoms. The molecule has 1 saturated carbocycles. The molecule has 0 amide bonds. The molecule has 1 heterocycles. The standard InChI is InChI=1S/C10H18N4/c1-8-4-3-5-10(8)11-6-9-7-14(2)13-12-9/h7-8,10-11H,3-6H2,1-2H3. The molecule has 1 aromatic heterocycles. The van der Waals surface area contributed by atoms with Gasteiger partial charge in [-0.2, -0.15) is 0 Å². The van der Waals surface area contributed by atoms with Crippen LogP contribution in [0.15, 0.2) is 6.20 Å². The van der Waals surface area contributed by atoms with E-state index >= 15 is 0 Å². The van der Waals surface area contributed by atoms with E-state index in [4.69, 9.17) is 0 Å². The molecular formula is C10H18N4. The van der Waals surface area contributed by atoms with Crippen LogP contribution in [0, 0.1) is 5.92 Å². The van der Waals surface area contributed by atoms with E-state index in [2.05, 4.69) is 22.6 Å². The van der Waals surface area contributed by atoms with Crippen molar-refractivity contribution in [2.45, 2.75) is 38.8 Å². The first-order chi connectivity index (χ1) is 6.75. The van der Waals surface area contributed by atoms with Gasteiger partial charge in [0.2, 0.25) is 0 Å². The molecule has 0 spiro atoms. The van der Waals surface area contributed by atoms with E-state index < -0.39 is 0 Å². The number of aryl methyl sites for hydroxylation is 1. The van der Waals surface area contributed by atoms with Crippen molar-refractivity contribution >= 4 is 0 Å². The highest BCUT2D eigenvalue weighted by molar-refractivity contribution is 4.92. The molecule has 0 bridgehead atoms. The third kappa shape index (κ3) is 2.12. The number of hydrogen-bond acceptors (Lipinski definition) is 3. The Balaban J connectivity index is 1.82. The van der Waals surface area contributed by atoms with Gasteiger partial charge in [0.15, 0.2) is 0 Å². The lowest BCUT2D eigenvalue weighted by molar-refractivity contribution is 0.423. The van der Waals surface area contributed by atoms with Crippen molar-refractivity contribution in [1.82, 2.24) is 20.3 Å². The molecule has 0 aromatic carbocycles. The second kappa shape index (κ2) is 4.09. The van der Waals surface area contributed by atoms with Crippen LogP contribution in [0.25, 0.3) is 0 Å². The Morgan fingerprint density at radius 2 is 2.43 bits per heavy atom. The highest BCUT2D eigenvalue weighted by Crippen LogP contribution is 2.24. The van der Waals surface area contributed by atoms with Crippen LogP contribution in [-0.2, 0) is 13.6 Å². The summed E-state index contributed by atoms with van der Waals surface area (Å²) in [5, 5.41) is 11.5. The van der Waals surface area contributed by atoms with Crippen molar-refractivity contribution in [3.05, 3.63) is 11.9 Å². The average Bonchev–Trinajstić information content (AvgIpc) is 2.72. The fourth-order valence-electron chi connectivity index (χ4n) is 2.16. The lowest BCUT2D eigenvalue weighted by atomic mass is 10.1. The summed E-state index contributed by atoms with van der Waals surface area (Å²) in [5.74, 6) is 0.812. The van der Waals surface area contributed by atoms with Crippen molar-refractivity contribution in [3.8, 4) is 0 Å². The fraction of sp³-hybridized carbons (Fsp3) is 0.800. The maximum absolute atomic E-state index is 4.05. The summed E-state index contributed by atoms with van der Waals surface area (Å²) < 4.78 is 1.75. The second-order valence-corrected chi connectivity index (χ2v) is 4.28. The zero-order valence-corrected chi connectivity index (χ0v) is 8.90. The Hall–Kier alpha value is -0.900. The van der Waals surface area contributed by atoms with E-state index in [1.54, 1.807) is 4.68 Å². The Morgan fingerprint density at radius 3 is 3.00 bits per heavy atom. The monoisotopic (exact) mass is 194 g/mol. The van der Waals surface area contributed by atoms with Crippen LogP contribution in [0.4, 0.5) is 0 Å². The Morgan fingerprint density at radius 1 is 1.57 bits per heavy atom. The molecule has 1 aliphatic carbocycles. The average molecular weight is 194 g/mol. The summed E-state index contributed by atoms with van der Waals surface area (Å²) in [6.07, 6.45) is 5.99. The minimum absolute atomic E-state index is 0.678. The largest absolute Gasteiger partial charge is 0.308 e. The van der Waals surface area contributed by atoms with E-state index in [0.29, 0.717) is 6.04 Å². The van der Waals surface area contributed by atoms with E-state index in [1.165, 1.54) is 19.3 Å². The van der Waals surface area contributed by atoms with E-state index in [-0.39, 0.29) is 0 Å². The summed E-state index contributed by atoms with van der Waals surface area (Å²) in [7, 11) is 1.90. The summed E-state index contributed by atoms with van der Waals surface area (Å²) in [5.41, 5.74) is 1.03. The lowest BCUT2D eigenvalue weighted by Gasteiger charge is -2.15. The van der Waals surface area contributed by atoms with Crippen molar-refractivity contribution in [1.29, 1.82) is 0 Å². The lowest BCUT2D eigenvalue weighted by Crippen LogP contribution is -2.30. The number of rotatable bonds is 3. The number of nitrogens with zero attached hydrogens (tertiary/aromatic N) is 3. The SMILES string of the molecule is CC1CCCC1NCc1cn(C)nn1. The number of hydrogen-bond donors (Lipinski definition) is 1. The van der Waals surface area contributed by atoms with Gasteiger partial charge in [-0.25, -0.2) is 0 Å². The van der Waals surface area contributed by atoms with Gasteiger partial charge in [-0.15, -0.1) is 5.10 Å². The maximum atomic E-state index is 4.05. The minimum Gasteiger partial charge on any atom is -0.308 e. The molecule has 78 valence electrons. The van der Waals surface area contributed by atoms with E-state index in [1.807, 2.05) is 13.2 Å². The molecule has 1 fully saturated rings. The number of aromatic nitrogens is 3. The van der Waals surface area contributed by atoms with Crippen molar-refractivity contribution in [2.24, 2.45) is 13.0 Å². The third-order valence-corrected chi connectivity index (χ3v) is 3.06. The maximum Gasteiger partial charge on any atom is 0.0964 e. The smallest absolute Gasteiger partial charge is 0.0964 e. The first-order valence-electron chi connectivity index (χ1n) is 5.34. The molecule has 2 unspecified atom stereocenters. The van der Waals surface area contributed by atoms with Crippen LogP contribution in [0.1, 0.15) is 31.9 Å². The van der Waals surface area contributed by atoms with Crippen molar-refractivity contribution in [3.63, 3.8) is 0 Å². The fourth-order valence-corrected chi connectivity index (χ4v) is 2.16. The zero-order chi connectivity index (χ0) is 9.97. The zero-order valence-electron chi connectivity index (χ0n) is 8.90. The molecular weight excluding hydrogens is 176 g/mol. The predicted octanol–water partition coefficient (Wildman–Crippen LogP) is 1.09. The van der Waals surface area contributed by atoms with Gasteiger partial charge in [0.25, 0.3) is 0 Å². The van der Waals surface area contributed by atoms with E-state index in [0.717, 1.165) is 18.2 Å². The first-order valence-corrected chi connectivity index (χ1v) is 5.34. The summed E-state index contributed by atoms with van der Waals surface area (Å²) in [4.78, 5) is 0. The molecule has 14 heavy (non-hydrogen) atoms. The Bertz CT molecular complexity index is 294. The molecule has 2 atom stereocenters. The van der Waals surface area contributed by atoms with Gasteiger partial charge in [-0.05, 0) is 18.8 Å². The third-order valence-electron chi connectivity index (χ3n) is 3.06. The topological polar surface area (TPSA) is 42.7 Å². The van der Waals surface area contributed by atoms with Gasteiger partial charge in [-0.3, -0.25) is 4.68 Å². The van der Waals surface area contributed by atoms with Gasteiger partial charge in [0, 0.05) is 25.8 Å². The molecule has 0 saturated heterocycles. The van der Waals surface area contributed by atoms with Crippen molar-refractivity contribution < 1.29 is 0 Å². The molecule has 0 radical (unpaired) electrons. The summed E-state index contributed by atoms with van der Waals surface area (Å²) in [6, 6.07) is 0.678. The Labute approximate surface area is 84.7 Å². The van der Waals surface area contributed by atoms with Gasteiger partial charge < -0.3 is 5.32 Å². The highest BCUT2D eigenvalue weighted by Gasteiger charge is 2.22. The summed E-state index contributed by atoms with van der Waals surface area (Å²) in [6.45, 7) is 3.17. The molecule has 1 N–H and O–H groups in total. The van der Waals surface area contributed by atoms with Gasteiger partial charge in [0.05, 0.1) is 5.69 Å². The molecule has 4 nitrogen and oxygen atoms in total. The molecule has 0 aliphatic heterocycles. The normalized spacial score (nSPS) is 27.0. The van der Waals surface area contributed by atoms with E-state index in [9.17, 15) is 0 Å².